The highest BCUT2D eigenvalue weighted by Gasteiger charge is 2.41. The van der Waals surface area contributed by atoms with Gasteiger partial charge >= 0.3 is 0 Å². The van der Waals surface area contributed by atoms with Crippen molar-refractivity contribution in [2.24, 2.45) is 0 Å². The summed E-state index contributed by atoms with van der Waals surface area (Å²) < 4.78 is 0. The molecule has 0 fully saturated rings. The molecule has 1 aromatic heterocycles. The van der Waals surface area contributed by atoms with Crippen LogP contribution in [-0.2, 0) is 0 Å². The Balaban J connectivity index is 1.87. The molecular formula is C21H18Cl3N3O. The zero-order chi connectivity index (χ0) is 19.8. The van der Waals surface area contributed by atoms with Crippen LogP contribution < -0.4 is 0 Å². The maximum Gasteiger partial charge on any atom is 0.273 e. The molecule has 1 atom stereocenters. The van der Waals surface area contributed by atoms with Crippen LogP contribution in [-0.4, -0.2) is 27.5 Å². The van der Waals surface area contributed by atoms with E-state index in [0.29, 0.717) is 27.3 Å². The van der Waals surface area contributed by atoms with Crippen molar-refractivity contribution in [1.29, 1.82) is 0 Å². The van der Waals surface area contributed by atoms with Gasteiger partial charge < -0.3 is 4.90 Å². The summed E-state index contributed by atoms with van der Waals surface area (Å²) >= 11 is 18.4. The lowest BCUT2D eigenvalue weighted by Crippen LogP contribution is -2.30. The summed E-state index contributed by atoms with van der Waals surface area (Å²) in [5.41, 5.74) is 3.94. The first kappa shape index (κ1) is 19.3. The number of amides is 1. The molecule has 1 N–H and O–H groups in total. The normalized spacial score (nSPS) is 15.9. The van der Waals surface area contributed by atoms with Gasteiger partial charge in [-0.1, -0.05) is 66.3 Å². The number of H-pyrrole nitrogens is 1. The fraction of sp³-hybridized carbons (Fsp3) is 0.238. The van der Waals surface area contributed by atoms with Crippen molar-refractivity contribution in [3.63, 3.8) is 0 Å². The maximum absolute atomic E-state index is 13.1. The number of hydrogen-bond donors (Lipinski definition) is 1. The average Bonchev–Trinajstić information content (AvgIpc) is 3.22. The van der Waals surface area contributed by atoms with Crippen molar-refractivity contribution in [2.75, 3.05) is 6.54 Å². The molecule has 0 bridgehead atoms. The van der Waals surface area contributed by atoms with Crippen molar-refractivity contribution in [3.05, 3.63) is 74.4 Å². The highest BCUT2D eigenvalue weighted by molar-refractivity contribution is 6.42. The number of benzene rings is 2. The van der Waals surface area contributed by atoms with Crippen LogP contribution in [0.1, 0.15) is 47.4 Å². The zero-order valence-electron chi connectivity index (χ0n) is 15.2. The predicted molar refractivity (Wildman–Crippen MR) is 113 cm³/mol. The van der Waals surface area contributed by atoms with E-state index >= 15 is 0 Å². The van der Waals surface area contributed by atoms with Crippen LogP contribution >= 0.6 is 34.8 Å². The Hall–Kier alpha value is -2.01. The second kappa shape index (κ2) is 7.78. The Morgan fingerprint density at radius 3 is 2.50 bits per heavy atom. The third-order valence-corrected chi connectivity index (χ3v) is 5.98. The first-order chi connectivity index (χ1) is 13.5. The Bertz CT molecular complexity index is 1030. The molecule has 2 aromatic carbocycles. The van der Waals surface area contributed by atoms with E-state index in [4.69, 9.17) is 34.8 Å². The molecule has 3 aromatic rings. The molecule has 1 unspecified atom stereocenters. The molecule has 1 amide bonds. The van der Waals surface area contributed by atoms with E-state index in [9.17, 15) is 4.79 Å². The van der Waals surface area contributed by atoms with Crippen LogP contribution in [0.4, 0.5) is 0 Å². The third kappa shape index (κ3) is 3.30. The Kier molecular flexibility index (Phi) is 5.37. The van der Waals surface area contributed by atoms with E-state index in [1.165, 1.54) is 0 Å². The molecule has 0 radical (unpaired) electrons. The van der Waals surface area contributed by atoms with Crippen LogP contribution in [0.25, 0.3) is 11.3 Å². The monoisotopic (exact) mass is 433 g/mol. The molecule has 1 aliphatic heterocycles. The first-order valence-corrected chi connectivity index (χ1v) is 10.2. The van der Waals surface area contributed by atoms with Crippen LogP contribution in [0.15, 0.2) is 42.5 Å². The molecule has 2 heterocycles. The second-order valence-electron chi connectivity index (χ2n) is 6.80. The lowest BCUT2D eigenvalue weighted by molar-refractivity contribution is 0.0741. The number of hydrogen-bond acceptors (Lipinski definition) is 2. The van der Waals surface area contributed by atoms with E-state index in [1.54, 1.807) is 6.07 Å². The fourth-order valence-corrected chi connectivity index (χ4v) is 4.05. The number of carbonyl (C=O) groups is 1. The summed E-state index contributed by atoms with van der Waals surface area (Å²) in [6.07, 6.45) is 1.91. The second-order valence-corrected chi connectivity index (χ2v) is 8.05. The van der Waals surface area contributed by atoms with Gasteiger partial charge in [0.25, 0.3) is 5.91 Å². The number of fused-ring (bicyclic) bond motifs is 1. The molecule has 4 rings (SSSR count). The van der Waals surface area contributed by atoms with Gasteiger partial charge in [0, 0.05) is 22.7 Å². The predicted octanol–water partition coefficient (Wildman–Crippen LogP) is 6.38. The van der Waals surface area contributed by atoms with Crippen LogP contribution in [0.3, 0.4) is 0 Å². The quantitative estimate of drug-likeness (QED) is 0.506. The van der Waals surface area contributed by atoms with Gasteiger partial charge in [-0.2, -0.15) is 5.10 Å². The smallest absolute Gasteiger partial charge is 0.273 e. The van der Waals surface area contributed by atoms with Crippen molar-refractivity contribution < 1.29 is 4.79 Å². The number of aromatic amines is 1. The van der Waals surface area contributed by atoms with Crippen molar-refractivity contribution in [2.45, 2.75) is 25.8 Å². The largest absolute Gasteiger partial charge is 0.326 e. The fourth-order valence-electron chi connectivity index (χ4n) is 3.61. The van der Waals surface area contributed by atoms with E-state index in [-0.39, 0.29) is 11.9 Å². The van der Waals surface area contributed by atoms with E-state index < -0.39 is 0 Å². The van der Waals surface area contributed by atoms with Gasteiger partial charge in [-0.15, -0.1) is 0 Å². The molecule has 144 valence electrons. The highest BCUT2D eigenvalue weighted by atomic mass is 35.5. The summed E-state index contributed by atoms with van der Waals surface area (Å²) in [7, 11) is 0. The lowest BCUT2D eigenvalue weighted by atomic mass is 9.96. The van der Waals surface area contributed by atoms with E-state index in [1.807, 2.05) is 41.3 Å². The Labute approximate surface area is 178 Å². The average molecular weight is 435 g/mol. The lowest BCUT2D eigenvalue weighted by Gasteiger charge is -2.26. The zero-order valence-corrected chi connectivity index (χ0v) is 17.4. The maximum atomic E-state index is 13.1. The Morgan fingerprint density at radius 2 is 1.82 bits per heavy atom. The highest BCUT2D eigenvalue weighted by Crippen LogP contribution is 2.44. The van der Waals surface area contributed by atoms with Crippen molar-refractivity contribution in [3.8, 4) is 11.3 Å². The van der Waals surface area contributed by atoms with Crippen molar-refractivity contribution in [1.82, 2.24) is 15.1 Å². The molecule has 0 saturated carbocycles. The summed E-state index contributed by atoms with van der Waals surface area (Å²) in [6, 6.07) is 12.7. The van der Waals surface area contributed by atoms with Gasteiger partial charge in [0.1, 0.15) is 5.69 Å². The Morgan fingerprint density at radius 1 is 1.07 bits per heavy atom. The molecule has 0 spiro atoms. The minimum absolute atomic E-state index is 0.0489. The van der Waals surface area contributed by atoms with Gasteiger partial charge in [0.15, 0.2) is 0 Å². The summed E-state index contributed by atoms with van der Waals surface area (Å²) in [4.78, 5) is 15.0. The third-order valence-electron chi connectivity index (χ3n) is 4.99. The van der Waals surface area contributed by atoms with Gasteiger partial charge in [-0.25, -0.2) is 0 Å². The SMILES string of the molecule is CCCCN1C(=O)c2[nH]nc(-c3ccc(Cl)cc3)c2C1c1ccc(Cl)c(Cl)c1. The molecule has 0 aliphatic carbocycles. The van der Waals surface area contributed by atoms with Gasteiger partial charge in [-0.3, -0.25) is 9.89 Å². The topological polar surface area (TPSA) is 49.0 Å². The number of nitrogens with zero attached hydrogens (tertiary/aromatic N) is 2. The first-order valence-electron chi connectivity index (χ1n) is 9.11. The summed E-state index contributed by atoms with van der Waals surface area (Å²) in [6.45, 7) is 2.76. The molecule has 7 heteroatoms. The van der Waals surface area contributed by atoms with Gasteiger partial charge in [-0.05, 0) is 36.2 Å². The molecular weight excluding hydrogens is 417 g/mol. The van der Waals surface area contributed by atoms with Gasteiger partial charge in [0.05, 0.1) is 21.8 Å². The van der Waals surface area contributed by atoms with Crippen LogP contribution in [0, 0.1) is 0 Å². The summed E-state index contributed by atoms with van der Waals surface area (Å²) in [5, 5.41) is 8.99. The standard InChI is InChI=1S/C21H18Cl3N3O/c1-2-3-10-27-20(13-6-9-15(23)16(24)11-13)17-18(25-26-19(17)21(27)28)12-4-7-14(22)8-5-12/h4-9,11,20H,2-3,10H2,1H3,(H,25,26). The number of unbranched alkanes of at least 4 members (excludes halogenated alkanes) is 1. The summed E-state index contributed by atoms with van der Waals surface area (Å²) in [5.74, 6) is -0.0489. The molecule has 0 saturated heterocycles. The molecule has 4 nitrogen and oxygen atoms in total. The number of rotatable bonds is 5. The number of aromatic nitrogens is 2. The van der Waals surface area contributed by atoms with Crippen LogP contribution in [0.2, 0.25) is 15.1 Å². The number of carbonyl (C=O) groups excluding carboxylic acids is 1. The van der Waals surface area contributed by atoms with Gasteiger partial charge in [0.2, 0.25) is 0 Å². The minimum atomic E-state index is -0.270. The number of nitrogens with one attached hydrogen (secondary N) is 1. The molecule has 28 heavy (non-hydrogen) atoms. The van der Waals surface area contributed by atoms with Crippen molar-refractivity contribution >= 4 is 40.7 Å². The minimum Gasteiger partial charge on any atom is -0.326 e. The molecule has 1 aliphatic rings. The van der Waals surface area contributed by atoms with E-state index in [0.717, 1.165) is 35.2 Å². The van der Waals surface area contributed by atoms with Crippen LogP contribution in [0.5, 0.6) is 0 Å². The number of halogens is 3. The van der Waals surface area contributed by atoms with E-state index in [2.05, 4.69) is 17.1 Å².